The zero-order valence-corrected chi connectivity index (χ0v) is 37.7. The first-order chi connectivity index (χ1) is 30.4. The minimum Gasteiger partial charge on any atom is -0.380 e. The fourth-order valence-corrected chi connectivity index (χ4v) is 9.86. The van der Waals surface area contributed by atoms with Gasteiger partial charge in [0.25, 0.3) is 0 Å². The first-order valence-corrected chi connectivity index (χ1v) is 20.2. The van der Waals surface area contributed by atoms with Crippen molar-refractivity contribution in [2.24, 2.45) is 16.2 Å². The molecule has 0 saturated carbocycles. The Bertz CT molecular complexity index is 2350. The molecular formula is C44H36BF16NaO4. The third-order valence-electron chi connectivity index (χ3n) is 13.7. The molecule has 4 aromatic carbocycles. The smallest absolute Gasteiger partial charge is 0.380 e. The summed E-state index contributed by atoms with van der Waals surface area (Å²) in [6, 6.07) is 0. The van der Waals surface area contributed by atoms with Gasteiger partial charge in [0.1, 0.15) is 52.7 Å². The van der Waals surface area contributed by atoms with E-state index < -0.39 is 204 Å². The third kappa shape index (κ3) is 7.24. The molecule has 4 saturated heterocycles. The molecule has 4 fully saturated rings. The molecule has 0 radical (unpaired) electrons. The van der Waals surface area contributed by atoms with Crippen LogP contribution < -0.4 is 51.4 Å². The standard InChI is InChI=1S/C44H36BF16O4.Na/c1-5-44(15-65-16-44)20-31(52)39(60)24(40(61)32(20)53)45(21-33(54)25(46)17(26(47)34(21)55)6-41(2)9-62-10-41,22-35(56)27(48)18(28(49)36(22)57)7-42(3)11-63-12-42)23-37(58)29(50)19(30(51)38(23)59)8-43(4)13-64-14-43;/h5-16H2,1-4H3;/q-1;+1. The monoisotopic (exact) mass is 966 g/mol. The minimum absolute atomic E-state index is 0. The number of halogens is 16. The number of ether oxygens (including phenoxy) is 4. The van der Waals surface area contributed by atoms with Gasteiger partial charge in [-0.2, -0.15) is 0 Å². The van der Waals surface area contributed by atoms with Gasteiger partial charge in [0.2, 0.25) is 0 Å². The molecule has 0 amide bonds. The summed E-state index contributed by atoms with van der Waals surface area (Å²) in [6.45, 7) is 2.01. The Morgan fingerprint density at radius 1 is 0.348 bits per heavy atom. The van der Waals surface area contributed by atoms with Crippen LogP contribution in [0.25, 0.3) is 0 Å². The van der Waals surface area contributed by atoms with Crippen molar-refractivity contribution in [2.45, 2.75) is 58.8 Å². The Hall–Kier alpha value is -3.34. The Labute approximate surface area is 388 Å². The average Bonchev–Trinajstić information content (AvgIpc) is 3.21. The van der Waals surface area contributed by atoms with Gasteiger partial charge in [-0.1, -0.05) is 27.7 Å². The van der Waals surface area contributed by atoms with E-state index >= 15 is 70.2 Å². The molecule has 0 bridgehead atoms. The molecule has 4 aliphatic rings. The fraction of sp³-hybridized carbons (Fsp3) is 0.455. The van der Waals surface area contributed by atoms with Gasteiger partial charge >= 0.3 is 29.6 Å². The van der Waals surface area contributed by atoms with Crippen molar-refractivity contribution >= 4 is 28.0 Å². The van der Waals surface area contributed by atoms with Crippen LogP contribution in [0.15, 0.2) is 0 Å². The molecule has 22 heteroatoms. The molecule has 0 aliphatic carbocycles. The summed E-state index contributed by atoms with van der Waals surface area (Å²) in [4.78, 5) is 0. The molecule has 0 unspecified atom stereocenters. The molecule has 0 aromatic heterocycles. The molecule has 66 heavy (non-hydrogen) atoms. The van der Waals surface area contributed by atoms with E-state index in [1.54, 1.807) is 0 Å². The van der Waals surface area contributed by atoms with Crippen LogP contribution >= 0.6 is 0 Å². The number of rotatable bonds is 12. The van der Waals surface area contributed by atoms with E-state index in [4.69, 9.17) is 18.9 Å². The maximum Gasteiger partial charge on any atom is 1.00 e. The van der Waals surface area contributed by atoms with Crippen LogP contribution in [0.1, 0.15) is 56.4 Å². The van der Waals surface area contributed by atoms with E-state index in [9.17, 15) is 0 Å². The maximum absolute atomic E-state index is 17.4. The second-order valence-electron chi connectivity index (χ2n) is 18.9. The van der Waals surface area contributed by atoms with Crippen LogP contribution in [0.2, 0.25) is 0 Å². The van der Waals surface area contributed by atoms with Gasteiger partial charge in [0, 0.05) is 43.9 Å². The molecule has 352 valence electrons. The van der Waals surface area contributed by atoms with Gasteiger partial charge in [0.15, 0.2) is 46.5 Å². The second-order valence-corrected chi connectivity index (χ2v) is 18.9. The Morgan fingerprint density at radius 2 is 0.561 bits per heavy atom. The van der Waals surface area contributed by atoms with Crippen LogP contribution in [0.5, 0.6) is 0 Å². The van der Waals surface area contributed by atoms with Crippen molar-refractivity contribution in [2.75, 3.05) is 52.9 Å². The van der Waals surface area contributed by atoms with Crippen LogP contribution in [0.4, 0.5) is 70.2 Å². The molecule has 4 aromatic rings. The normalized spacial score (nSPS) is 19.1. The second kappa shape index (κ2) is 17.3. The maximum atomic E-state index is 17.4. The summed E-state index contributed by atoms with van der Waals surface area (Å²) in [5, 5.41) is 0. The summed E-state index contributed by atoms with van der Waals surface area (Å²) < 4.78 is 292. The van der Waals surface area contributed by atoms with Crippen molar-refractivity contribution < 1.29 is 119 Å². The van der Waals surface area contributed by atoms with Gasteiger partial charge < -0.3 is 18.9 Å². The first kappa shape index (κ1) is 50.5. The van der Waals surface area contributed by atoms with Gasteiger partial charge in [-0.15, -0.1) is 21.9 Å². The fourth-order valence-electron chi connectivity index (χ4n) is 9.86. The predicted molar refractivity (Wildman–Crippen MR) is 200 cm³/mol. The van der Waals surface area contributed by atoms with Gasteiger partial charge in [-0.25, -0.2) is 70.2 Å². The zero-order valence-electron chi connectivity index (χ0n) is 35.7. The van der Waals surface area contributed by atoms with Crippen LogP contribution in [0.3, 0.4) is 0 Å². The molecule has 0 atom stereocenters. The van der Waals surface area contributed by atoms with Gasteiger partial charge in [-0.3, -0.25) is 0 Å². The Balaban J connectivity index is 0.00000648. The van der Waals surface area contributed by atoms with E-state index in [0.29, 0.717) is 0 Å². The number of hydrogen-bond acceptors (Lipinski definition) is 4. The van der Waals surface area contributed by atoms with Crippen molar-refractivity contribution in [3.63, 3.8) is 0 Å². The summed E-state index contributed by atoms with van der Waals surface area (Å²) in [5.41, 5.74) is -24.1. The molecule has 4 nitrogen and oxygen atoms in total. The number of benzene rings is 4. The SMILES string of the molecule is CCC1(c2c(F)c(F)c([B-](c3c(F)c(F)c(CC4(C)COC4)c(F)c3F)(c3c(F)c(F)c(CC4(C)COC4)c(F)c3F)c3c(F)c(F)c(CC4(C)COC4)c(F)c3F)c(F)c2F)COC1.[Na+]. The Kier molecular flexibility index (Phi) is 13.2. The quantitative estimate of drug-likeness (QED) is 0.117. The third-order valence-corrected chi connectivity index (χ3v) is 13.7. The number of hydrogen-bond donors (Lipinski definition) is 0. The van der Waals surface area contributed by atoms with Crippen molar-refractivity contribution in [1.29, 1.82) is 0 Å². The van der Waals surface area contributed by atoms with Crippen LogP contribution in [0, 0.1) is 109 Å². The van der Waals surface area contributed by atoms with Crippen molar-refractivity contribution in [3.05, 3.63) is 115 Å². The van der Waals surface area contributed by atoms with E-state index in [2.05, 4.69) is 0 Å². The van der Waals surface area contributed by atoms with Crippen LogP contribution in [-0.4, -0.2) is 59.0 Å². The zero-order chi connectivity index (χ0) is 47.7. The van der Waals surface area contributed by atoms with Crippen molar-refractivity contribution in [1.82, 2.24) is 0 Å². The Morgan fingerprint density at radius 3 is 0.727 bits per heavy atom. The molecule has 0 spiro atoms. The minimum atomic E-state index is -6.77. The van der Waals surface area contributed by atoms with E-state index in [1.807, 2.05) is 0 Å². The summed E-state index contributed by atoms with van der Waals surface area (Å²) >= 11 is 0. The summed E-state index contributed by atoms with van der Waals surface area (Å²) in [5.74, 6) is -45.5. The predicted octanol–water partition coefficient (Wildman–Crippen LogP) is 4.71. The van der Waals surface area contributed by atoms with E-state index in [-0.39, 0.29) is 69.2 Å². The average molecular weight is 967 g/mol. The molecule has 4 heterocycles. The van der Waals surface area contributed by atoms with E-state index in [0.717, 1.165) is 0 Å². The van der Waals surface area contributed by atoms with Crippen molar-refractivity contribution in [3.8, 4) is 0 Å². The summed E-state index contributed by atoms with van der Waals surface area (Å²) in [6.07, 6.45) is -10.1. The van der Waals surface area contributed by atoms with Gasteiger partial charge in [0.05, 0.1) is 52.9 Å². The molecule has 4 aliphatic heterocycles. The summed E-state index contributed by atoms with van der Waals surface area (Å²) in [7, 11) is 0. The molecule has 0 N–H and O–H groups in total. The van der Waals surface area contributed by atoms with Crippen LogP contribution in [-0.2, 0) is 43.6 Å². The van der Waals surface area contributed by atoms with Gasteiger partial charge in [-0.05, 0) is 25.7 Å². The first-order valence-electron chi connectivity index (χ1n) is 20.2. The van der Waals surface area contributed by atoms with E-state index in [1.165, 1.54) is 27.7 Å². The largest absolute Gasteiger partial charge is 1.00 e. The molecule has 8 rings (SSSR count). The molecular weight excluding hydrogens is 930 g/mol. The topological polar surface area (TPSA) is 36.9 Å².